The number of aliphatic imine (C=N–C) groups is 1. The predicted molar refractivity (Wildman–Crippen MR) is 150 cm³/mol. The van der Waals surface area contributed by atoms with Crippen molar-refractivity contribution >= 4 is 34.7 Å². The van der Waals surface area contributed by atoms with Crippen LogP contribution < -0.4 is 10.6 Å². The molecule has 6 nitrogen and oxygen atoms in total. The van der Waals surface area contributed by atoms with Crippen molar-refractivity contribution in [3.63, 3.8) is 0 Å². The molecule has 38 heavy (non-hydrogen) atoms. The molecule has 1 aliphatic rings. The SMILES string of the molecule is CNCCC(C)C(=O)c1ccc(Nc2ncc3c(n2)-c2ccc(Cl)cc2C(c2ccccc2F)=NC3)cc1. The molecule has 8 heteroatoms. The van der Waals surface area contributed by atoms with E-state index in [0.717, 1.165) is 29.8 Å². The third kappa shape index (κ3) is 5.35. The van der Waals surface area contributed by atoms with Crippen molar-refractivity contribution in [3.05, 3.63) is 106 Å². The Balaban J connectivity index is 1.44. The van der Waals surface area contributed by atoms with E-state index in [1.54, 1.807) is 36.5 Å². The molecule has 1 atom stereocenters. The summed E-state index contributed by atoms with van der Waals surface area (Å²) in [5.41, 5.74) is 5.40. The summed E-state index contributed by atoms with van der Waals surface area (Å²) in [6, 6.07) is 19.4. The summed E-state index contributed by atoms with van der Waals surface area (Å²) in [5, 5.41) is 6.84. The van der Waals surface area contributed by atoms with Crippen LogP contribution >= 0.6 is 11.6 Å². The molecule has 5 rings (SSSR count). The van der Waals surface area contributed by atoms with Gasteiger partial charge in [0.2, 0.25) is 5.95 Å². The highest BCUT2D eigenvalue weighted by Crippen LogP contribution is 2.34. The van der Waals surface area contributed by atoms with Gasteiger partial charge in [0.1, 0.15) is 5.82 Å². The lowest BCUT2D eigenvalue weighted by atomic mass is 9.95. The van der Waals surface area contributed by atoms with E-state index in [1.807, 2.05) is 44.3 Å². The van der Waals surface area contributed by atoms with Gasteiger partial charge in [0, 0.05) is 50.6 Å². The number of rotatable bonds is 8. The van der Waals surface area contributed by atoms with E-state index < -0.39 is 0 Å². The van der Waals surface area contributed by atoms with Gasteiger partial charge in [-0.2, -0.15) is 0 Å². The highest BCUT2D eigenvalue weighted by atomic mass is 35.5. The Morgan fingerprint density at radius 2 is 1.84 bits per heavy atom. The zero-order valence-corrected chi connectivity index (χ0v) is 21.9. The normalized spacial score (nSPS) is 13.1. The molecule has 0 radical (unpaired) electrons. The maximum Gasteiger partial charge on any atom is 0.227 e. The second kappa shape index (κ2) is 11.2. The van der Waals surface area contributed by atoms with Crippen molar-refractivity contribution in [2.75, 3.05) is 18.9 Å². The zero-order chi connectivity index (χ0) is 26.6. The van der Waals surface area contributed by atoms with Crippen molar-refractivity contribution < 1.29 is 9.18 Å². The Labute approximate surface area is 226 Å². The van der Waals surface area contributed by atoms with Gasteiger partial charge in [0.25, 0.3) is 0 Å². The summed E-state index contributed by atoms with van der Waals surface area (Å²) in [6.45, 7) is 3.04. The third-order valence-electron chi connectivity index (χ3n) is 6.59. The lowest BCUT2D eigenvalue weighted by molar-refractivity contribution is 0.0924. The standard InChI is InChI=1S/C30H27ClFN5O/c1-18(13-14-33-2)29(38)19-7-10-22(11-8-19)36-30-35-17-20-16-34-28(24-5-3-4-6-26(24)32)25-15-21(31)9-12-23(25)27(20)37-30/h3-12,15,17-18,33H,13-14,16H2,1-2H3,(H,35,36,37). The van der Waals surface area contributed by atoms with E-state index in [4.69, 9.17) is 21.6 Å². The molecule has 1 unspecified atom stereocenters. The lowest BCUT2D eigenvalue weighted by Gasteiger charge is -2.13. The van der Waals surface area contributed by atoms with Crippen LogP contribution in [0.5, 0.6) is 0 Å². The molecule has 2 heterocycles. The van der Waals surface area contributed by atoms with Crippen LogP contribution in [0.25, 0.3) is 11.3 Å². The molecule has 1 aromatic heterocycles. The van der Waals surface area contributed by atoms with Crippen LogP contribution in [-0.4, -0.2) is 35.1 Å². The van der Waals surface area contributed by atoms with Gasteiger partial charge in [-0.3, -0.25) is 9.79 Å². The van der Waals surface area contributed by atoms with Gasteiger partial charge in [0.05, 0.1) is 18.0 Å². The van der Waals surface area contributed by atoms with Crippen molar-refractivity contribution in [1.29, 1.82) is 0 Å². The number of nitrogens with one attached hydrogen (secondary N) is 2. The van der Waals surface area contributed by atoms with Gasteiger partial charge >= 0.3 is 0 Å². The minimum absolute atomic E-state index is 0.0563. The third-order valence-corrected chi connectivity index (χ3v) is 6.83. The largest absolute Gasteiger partial charge is 0.324 e. The average Bonchev–Trinajstić information content (AvgIpc) is 3.08. The van der Waals surface area contributed by atoms with Crippen LogP contribution in [0.4, 0.5) is 16.0 Å². The summed E-state index contributed by atoms with van der Waals surface area (Å²) in [7, 11) is 1.88. The molecule has 2 N–H and O–H groups in total. The number of aromatic nitrogens is 2. The van der Waals surface area contributed by atoms with Crippen LogP contribution in [0.2, 0.25) is 5.02 Å². The van der Waals surface area contributed by atoms with Crippen molar-refractivity contribution in [2.45, 2.75) is 19.9 Å². The molecule has 0 spiro atoms. The average molecular weight is 528 g/mol. The van der Waals surface area contributed by atoms with Crippen LogP contribution in [0.15, 0.2) is 77.9 Å². The molecule has 0 saturated carbocycles. The Hall–Kier alpha value is -3.94. The molecular weight excluding hydrogens is 501 g/mol. The van der Waals surface area contributed by atoms with E-state index in [2.05, 4.69) is 15.6 Å². The van der Waals surface area contributed by atoms with Gasteiger partial charge in [0.15, 0.2) is 5.78 Å². The van der Waals surface area contributed by atoms with Gasteiger partial charge in [-0.25, -0.2) is 14.4 Å². The molecular formula is C30H27ClFN5O. The Kier molecular flexibility index (Phi) is 7.58. The van der Waals surface area contributed by atoms with E-state index >= 15 is 0 Å². The van der Waals surface area contributed by atoms with Crippen LogP contribution in [0.3, 0.4) is 0 Å². The number of halogens is 2. The molecule has 0 fully saturated rings. The lowest BCUT2D eigenvalue weighted by Crippen LogP contribution is -2.18. The molecule has 3 aromatic carbocycles. The monoisotopic (exact) mass is 527 g/mol. The number of benzene rings is 3. The fourth-order valence-electron chi connectivity index (χ4n) is 4.49. The molecule has 0 bridgehead atoms. The van der Waals surface area contributed by atoms with Crippen LogP contribution in [0.1, 0.15) is 40.4 Å². The second-order valence-electron chi connectivity index (χ2n) is 9.26. The van der Waals surface area contributed by atoms with Crippen molar-refractivity contribution in [1.82, 2.24) is 15.3 Å². The van der Waals surface area contributed by atoms with E-state index in [1.165, 1.54) is 6.07 Å². The summed E-state index contributed by atoms with van der Waals surface area (Å²) in [6.07, 6.45) is 2.52. The molecule has 0 amide bonds. The summed E-state index contributed by atoms with van der Waals surface area (Å²) >= 11 is 6.35. The second-order valence-corrected chi connectivity index (χ2v) is 9.70. The first-order chi connectivity index (χ1) is 18.4. The predicted octanol–water partition coefficient (Wildman–Crippen LogP) is 6.46. The molecule has 0 saturated heterocycles. The fourth-order valence-corrected chi connectivity index (χ4v) is 4.66. The molecule has 192 valence electrons. The first-order valence-corrected chi connectivity index (χ1v) is 12.8. The number of Topliss-reactive ketones (excluding diaryl/α,β-unsaturated/α-hetero) is 1. The van der Waals surface area contributed by atoms with Crippen molar-refractivity contribution in [3.8, 4) is 11.3 Å². The summed E-state index contributed by atoms with van der Waals surface area (Å²) < 4.78 is 14.7. The summed E-state index contributed by atoms with van der Waals surface area (Å²) in [5.74, 6) is 0.114. The number of carbonyl (C=O) groups excluding carboxylic acids is 1. The van der Waals surface area contributed by atoms with E-state index in [0.29, 0.717) is 45.6 Å². The molecule has 4 aromatic rings. The van der Waals surface area contributed by atoms with E-state index in [-0.39, 0.29) is 17.5 Å². The highest BCUT2D eigenvalue weighted by Gasteiger charge is 2.23. The van der Waals surface area contributed by atoms with Crippen molar-refractivity contribution in [2.24, 2.45) is 10.9 Å². The van der Waals surface area contributed by atoms with Crippen LogP contribution in [-0.2, 0) is 6.54 Å². The van der Waals surface area contributed by atoms with Gasteiger partial charge < -0.3 is 10.6 Å². The number of fused-ring (bicyclic) bond motifs is 3. The first kappa shape index (κ1) is 25.7. The maximum absolute atomic E-state index is 14.7. The number of hydrogen-bond acceptors (Lipinski definition) is 6. The topological polar surface area (TPSA) is 79.3 Å². The van der Waals surface area contributed by atoms with Gasteiger partial charge in [-0.15, -0.1) is 0 Å². The molecule has 0 aliphatic carbocycles. The summed E-state index contributed by atoms with van der Waals surface area (Å²) in [4.78, 5) is 26.7. The number of hydrogen-bond donors (Lipinski definition) is 2. The number of ketones is 1. The minimum Gasteiger partial charge on any atom is -0.324 e. The minimum atomic E-state index is -0.352. The molecule has 1 aliphatic heterocycles. The number of nitrogens with zero attached hydrogens (tertiary/aromatic N) is 3. The Morgan fingerprint density at radius 1 is 1.05 bits per heavy atom. The zero-order valence-electron chi connectivity index (χ0n) is 21.1. The Morgan fingerprint density at radius 3 is 2.61 bits per heavy atom. The number of carbonyl (C=O) groups is 1. The van der Waals surface area contributed by atoms with Gasteiger partial charge in [-0.1, -0.05) is 36.7 Å². The quantitative estimate of drug-likeness (QED) is 0.257. The van der Waals surface area contributed by atoms with Gasteiger partial charge in [-0.05, 0) is 68.5 Å². The van der Waals surface area contributed by atoms with Crippen LogP contribution in [0, 0.1) is 11.7 Å². The fraction of sp³-hybridized carbons (Fsp3) is 0.200. The van der Waals surface area contributed by atoms with E-state index in [9.17, 15) is 9.18 Å². The Bertz CT molecular complexity index is 1520. The maximum atomic E-state index is 14.7. The number of anilines is 2. The highest BCUT2D eigenvalue weighted by molar-refractivity contribution is 6.31. The smallest absolute Gasteiger partial charge is 0.227 e. The first-order valence-electron chi connectivity index (χ1n) is 12.5.